The Labute approximate surface area is 103 Å². The number of sulfonamides is 1. The van der Waals surface area contributed by atoms with Crippen LogP contribution in [0.2, 0.25) is 0 Å². The van der Waals surface area contributed by atoms with Gasteiger partial charge < -0.3 is 5.11 Å². The van der Waals surface area contributed by atoms with E-state index < -0.39 is 10.0 Å². The number of unbranched alkanes of at least 4 members (excludes halogenated alkanes) is 1. The first kappa shape index (κ1) is 16.2. The van der Waals surface area contributed by atoms with Crippen LogP contribution in [0.3, 0.4) is 0 Å². The van der Waals surface area contributed by atoms with Gasteiger partial charge in [-0.15, -0.1) is 0 Å². The third-order valence-corrected chi connectivity index (χ3v) is 5.30. The monoisotopic (exact) mass is 269 g/mol. The first-order valence-corrected chi connectivity index (χ1v) is 8.51. The van der Waals surface area contributed by atoms with E-state index in [2.05, 4.69) is 0 Å². The molecule has 1 N–H and O–H groups in total. The van der Waals surface area contributed by atoms with Gasteiger partial charge in [-0.05, 0) is 38.2 Å². The number of nitrogens with zero attached hydrogens (tertiary/aromatic N) is 1. The van der Waals surface area contributed by atoms with Crippen molar-refractivity contribution in [3.63, 3.8) is 0 Å². The fourth-order valence-corrected chi connectivity index (χ4v) is 3.37. The zero-order chi connectivity index (χ0) is 12.6. The van der Waals surface area contributed by atoms with E-state index in [1.54, 1.807) is 18.8 Å². The average molecular weight is 269 g/mol. The molecule has 98 valence electrons. The zero-order valence-electron chi connectivity index (χ0n) is 10.3. The Morgan fingerprint density at radius 1 is 1.38 bits per heavy atom. The van der Waals surface area contributed by atoms with Crippen molar-refractivity contribution in [1.29, 1.82) is 0 Å². The maximum atomic E-state index is 11.8. The van der Waals surface area contributed by atoms with Gasteiger partial charge in [0, 0.05) is 19.7 Å². The molecule has 0 bridgehead atoms. The Hall–Kier alpha value is 0.220. The molecule has 16 heavy (non-hydrogen) atoms. The van der Waals surface area contributed by atoms with Gasteiger partial charge in [0.05, 0.1) is 5.75 Å². The van der Waals surface area contributed by atoms with Gasteiger partial charge in [-0.25, -0.2) is 12.7 Å². The van der Waals surface area contributed by atoms with Crippen LogP contribution in [-0.4, -0.2) is 55.3 Å². The lowest BCUT2D eigenvalue weighted by Gasteiger charge is -2.24. The van der Waals surface area contributed by atoms with Gasteiger partial charge in [0.1, 0.15) is 0 Å². The van der Waals surface area contributed by atoms with Crippen LogP contribution >= 0.6 is 11.8 Å². The van der Waals surface area contributed by atoms with E-state index >= 15 is 0 Å². The predicted molar refractivity (Wildman–Crippen MR) is 70.3 cm³/mol. The number of aliphatic hydroxyl groups excluding tert-OH is 1. The number of aliphatic hydroxyl groups is 1. The molecule has 1 unspecified atom stereocenters. The SMILES string of the molecule is CSCCC(C)N(C)S(=O)(=O)CCCCO. The summed E-state index contributed by atoms with van der Waals surface area (Å²) in [6, 6.07) is 0.0478. The van der Waals surface area contributed by atoms with Crippen molar-refractivity contribution in [3.05, 3.63) is 0 Å². The molecule has 6 heteroatoms. The normalized spacial score (nSPS) is 14.3. The van der Waals surface area contributed by atoms with Crippen molar-refractivity contribution in [2.75, 3.05) is 31.4 Å². The second kappa shape index (κ2) is 8.33. The number of thioether (sulfide) groups is 1. The summed E-state index contributed by atoms with van der Waals surface area (Å²) in [5.74, 6) is 1.10. The summed E-state index contributed by atoms with van der Waals surface area (Å²) in [6.45, 7) is 1.99. The number of hydrogen-bond acceptors (Lipinski definition) is 4. The summed E-state index contributed by atoms with van der Waals surface area (Å²) in [5.41, 5.74) is 0. The third-order valence-electron chi connectivity index (χ3n) is 2.61. The highest BCUT2D eigenvalue weighted by atomic mass is 32.2. The van der Waals surface area contributed by atoms with Gasteiger partial charge in [0.15, 0.2) is 0 Å². The topological polar surface area (TPSA) is 57.6 Å². The summed E-state index contributed by atoms with van der Waals surface area (Å²) in [5, 5.41) is 8.62. The molecule has 0 saturated heterocycles. The molecule has 0 aromatic rings. The van der Waals surface area contributed by atoms with Crippen LogP contribution in [0.15, 0.2) is 0 Å². The molecule has 4 nitrogen and oxygen atoms in total. The molecule has 0 rings (SSSR count). The molecule has 0 aromatic heterocycles. The van der Waals surface area contributed by atoms with Crippen molar-refractivity contribution in [2.45, 2.75) is 32.2 Å². The third kappa shape index (κ3) is 6.08. The molecule has 0 radical (unpaired) electrons. The molecular weight excluding hydrogens is 246 g/mol. The Bertz CT molecular complexity index is 267. The van der Waals surface area contributed by atoms with Crippen molar-refractivity contribution < 1.29 is 13.5 Å². The molecular formula is C10H23NO3S2. The smallest absolute Gasteiger partial charge is 0.214 e. The lowest BCUT2D eigenvalue weighted by atomic mass is 10.3. The molecule has 0 aliphatic heterocycles. The van der Waals surface area contributed by atoms with E-state index in [1.165, 1.54) is 4.31 Å². The Morgan fingerprint density at radius 3 is 2.50 bits per heavy atom. The van der Waals surface area contributed by atoms with Crippen LogP contribution in [0.25, 0.3) is 0 Å². The molecule has 0 aromatic carbocycles. The fraction of sp³-hybridized carbons (Fsp3) is 1.00. The van der Waals surface area contributed by atoms with Gasteiger partial charge >= 0.3 is 0 Å². The zero-order valence-corrected chi connectivity index (χ0v) is 12.0. The fourth-order valence-electron chi connectivity index (χ4n) is 1.28. The van der Waals surface area contributed by atoms with E-state index in [0.717, 1.165) is 12.2 Å². The van der Waals surface area contributed by atoms with E-state index in [-0.39, 0.29) is 18.4 Å². The van der Waals surface area contributed by atoms with Gasteiger partial charge in [-0.1, -0.05) is 0 Å². The minimum Gasteiger partial charge on any atom is -0.396 e. The van der Waals surface area contributed by atoms with Crippen LogP contribution < -0.4 is 0 Å². The summed E-state index contributed by atoms with van der Waals surface area (Å²) in [6.07, 6.45) is 3.96. The standard InChI is InChI=1S/C10H23NO3S2/c1-10(6-8-15-3)11(2)16(13,14)9-5-4-7-12/h10,12H,4-9H2,1-3H3. The minimum atomic E-state index is -3.15. The summed E-state index contributed by atoms with van der Waals surface area (Å²) < 4.78 is 25.2. The molecule has 0 aliphatic carbocycles. The van der Waals surface area contributed by atoms with Crippen molar-refractivity contribution in [1.82, 2.24) is 4.31 Å². The van der Waals surface area contributed by atoms with E-state index in [4.69, 9.17) is 5.11 Å². The van der Waals surface area contributed by atoms with Gasteiger partial charge in [-0.2, -0.15) is 11.8 Å². The first-order valence-electron chi connectivity index (χ1n) is 5.51. The number of rotatable bonds is 9. The van der Waals surface area contributed by atoms with Crippen molar-refractivity contribution in [2.24, 2.45) is 0 Å². The Morgan fingerprint density at radius 2 is 2.00 bits per heavy atom. The van der Waals surface area contributed by atoms with Gasteiger partial charge in [0.2, 0.25) is 10.0 Å². The Balaban J connectivity index is 4.16. The van der Waals surface area contributed by atoms with E-state index in [0.29, 0.717) is 12.8 Å². The van der Waals surface area contributed by atoms with Gasteiger partial charge in [0.25, 0.3) is 0 Å². The second-order valence-corrected chi connectivity index (χ2v) is 7.03. The molecule has 1 atom stereocenters. The largest absolute Gasteiger partial charge is 0.396 e. The summed E-state index contributed by atoms with van der Waals surface area (Å²) in [7, 11) is -1.51. The second-order valence-electron chi connectivity index (χ2n) is 3.89. The lowest BCUT2D eigenvalue weighted by molar-refractivity contribution is 0.286. The molecule has 0 heterocycles. The molecule has 0 saturated carbocycles. The molecule has 0 amide bonds. The van der Waals surface area contributed by atoms with E-state index in [9.17, 15) is 8.42 Å². The van der Waals surface area contributed by atoms with Crippen LogP contribution in [-0.2, 0) is 10.0 Å². The number of hydrogen-bond donors (Lipinski definition) is 1. The van der Waals surface area contributed by atoms with E-state index in [1.807, 2.05) is 13.2 Å². The predicted octanol–water partition coefficient (Wildman–Crippen LogP) is 1.16. The molecule has 0 spiro atoms. The summed E-state index contributed by atoms with van der Waals surface area (Å²) in [4.78, 5) is 0. The molecule has 0 fully saturated rings. The highest BCUT2D eigenvalue weighted by Crippen LogP contribution is 2.11. The molecule has 0 aliphatic rings. The maximum Gasteiger partial charge on any atom is 0.214 e. The highest BCUT2D eigenvalue weighted by Gasteiger charge is 2.22. The van der Waals surface area contributed by atoms with Crippen LogP contribution in [0.4, 0.5) is 0 Å². The van der Waals surface area contributed by atoms with Gasteiger partial charge in [-0.3, -0.25) is 0 Å². The lowest BCUT2D eigenvalue weighted by Crippen LogP contribution is -2.37. The quantitative estimate of drug-likeness (QED) is 0.638. The average Bonchev–Trinajstić information content (AvgIpc) is 2.25. The first-order chi connectivity index (χ1) is 7.45. The van der Waals surface area contributed by atoms with Crippen molar-refractivity contribution >= 4 is 21.8 Å². The Kier molecular flexibility index (Phi) is 8.45. The van der Waals surface area contributed by atoms with Crippen LogP contribution in [0.1, 0.15) is 26.2 Å². The summed E-state index contributed by atoms with van der Waals surface area (Å²) >= 11 is 1.72. The van der Waals surface area contributed by atoms with Crippen LogP contribution in [0.5, 0.6) is 0 Å². The maximum absolute atomic E-state index is 11.8. The van der Waals surface area contributed by atoms with Crippen molar-refractivity contribution in [3.8, 4) is 0 Å². The van der Waals surface area contributed by atoms with Crippen LogP contribution in [0, 0.1) is 0 Å². The minimum absolute atomic E-state index is 0.0478. The highest BCUT2D eigenvalue weighted by molar-refractivity contribution is 7.98.